The lowest BCUT2D eigenvalue weighted by atomic mass is 9.89. The number of nitrogens with two attached hydrogens (primary N) is 1. The molecule has 1 aliphatic carbocycles. The maximum Gasteiger partial charge on any atom is 0.236 e. The minimum atomic E-state index is -0.547. The molecule has 6 nitrogen and oxygen atoms in total. The molecule has 2 aromatic rings. The Morgan fingerprint density at radius 2 is 2.30 bits per heavy atom. The summed E-state index contributed by atoms with van der Waals surface area (Å²) < 4.78 is 0. The molecular formula is C15H18N4O2S2. The normalized spacial score (nSPS) is 17.0. The maximum absolute atomic E-state index is 11.7. The lowest BCUT2D eigenvalue weighted by Crippen LogP contribution is -2.34. The number of hydrogen-bond donors (Lipinski definition) is 2. The number of primary amides is 1. The van der Waals surface area contributed by atoms with E-state index in [0.29, 0.717) is 5.92 Å². The molecule has 0 aromatic carbocycles. The summed E-state index contributed by atoms with van der Waals surface area (Å²) in [5, 5.41) is 4.43. The van der Waals surface area contributed by atoms with Gasteiger partial charge in [-0.15, -0.1) is 11.3 Å². The van der Waals surface area contributed by atoms with Crippen LogP contribution in [0.5, 0.6) is 0 Å². The smallest absolute Gasteiger partial charge is 0.236 e. The molecule has 0 bridgehead atoms. The second kappa shape index (κ2) is 6.84. The van der Waals surface area contributed by atoms with Gasteiger partial charge in [0.15, 0.2) is 0 Å². The van der Waals surface area contributed by atoms with Crippen molar-refractivity contribution in [1.82, 2.24) is 15.3 Å². The van der Waals surface area contributed by atoms with Gasteiger partial charge >= 0.3 is 0 Å². The summed E-state index contributed by atoms with van der Waals surface area (Å²) >= 11 is 3.12. The number of carbonyl (C=O) groups excluding carboxylic acids is 2. The van der Waals surface area contributed by atoms with E-state index in [1.807, 2.05) is 0 Å². The lowest BCUT2D eigenvalue weighted by Gasteiger charge is -2.18. The van der Waals surface area contributed by atoms with Gasteiger partial charge in [0.1, 0.15) is 16.2 Å². The molecule has 0 fully saturated rings. The molecule has 0 aliphatic heterocycles. The van der Waals surface area contributed by atoms with Crippen molar-refractivity contribution >= 4 is 45.1 Å². The Morgan fingerprint density at radius 3 is 3.09 bits per heavy atom. The molecular weight excluding hydrogens is 332 g/mol. The molecule has 3 N–H and O–H groups in total. The molecule has 0 saturated carbocycles. The lowest BCUT2D eigenvalue weighted by molar-refractivity contribution is -0.123. The highest BCUT2D eigenvalue weighted by Gasteiger charge is 2.23. The second-order valence-corrected chi connectivity index (χ2v) is 7.79. The van der Waals surface area contributed by atoms with E-state index in [1.54, 1.807) is 17.7 Å². The third-order valence-electron chi connectivity index (χ3n) is 3.86. The molecule has 8 heteroatoms. The quantitative estimate of drug-likeness (QED) is 0.629. The first-order valence-corrected chi connectivity index (χ1v) is 9.28. The number of fused-ring (bicyclic) bond motifs is 3. The predicted molar refractivity (Wildman–Crippen MR) is 91.5 cm³/mol. The highest BCUT2D eigenvalue weighted by Crippen LogP contribution is 2.40. The molecule has 2 amide bonds. The van der Waals surface area contributed by atoms with E-state index in [4.69, 9.17) is 5.73 Å². The molecule has 0 unspecified atom stereocenters. The highest BCUT2D eigenvalue weighted by molar-refractivity contribution is 8.00. The number of aromatic nitrogens is 2. The Balaban J connectivity index is 1.79. The summed E-state index contributed by atoms with van der Waals surface area (Å²) in [5.41, 5.74) is 6.37. The van der Waals surface area contributed by atoms with Crippen molar-refractivity contribution in [3.8, 4) is 0 Å². The highest BCUT2D eigenvalue weighted by atomic mass is 32.2. The van der Waals surface area contributed by atoms with Crippen LogP contribution in [0.2, 0.25) is 0 Å². The summed E-state index contributed by atoms with van der Waals surface area (Å²) in [6.07, 6.45) is 4.87. The minimum Gasteiger partial charge on any atom is -0.368 e. The van der Waals surface area contributed by atoms with Crippen molar-refractivity contribution in [1.29, 1.82) is 0 Å². The van der Waals surface area contributed by atoms with E-state index in [2.05, 4.69) is 22.2 Å². The Hall–Kier alpha value is -1.67. The van der Waals surface area contributed by atoms with Gasteiger partial charge in [0.05, 0.1) is 12.3 Å². The van der Waals surface area contributed by atoms with E-state index in [0.717, 1.165) is 28.1 Å². The Labute approximate surface area is 142 Å². The van der Waals surface area contributed by atoms with Gasteiger partial charge in [-0.2, -0.15) is 0 Å². The number of nitrogens with one attached hydrogen (secondary N) is 1. The number of rotatable bonds is 5. The summed E-state index contributed by atoms with van der Waals surface area (Å²) in [7, 11) is 0. The summed E-state index contributed by atoms with van der Waals surface area (Å²) in [6.45, 7) is 2.14. The number of thioether (sulfide) groups is 1. The van der Waals surface area contributed by atoms with Crippen molar-refractivity contribution in [3.05, 3.63) is 16.8 Å². The first-order valence-electron chi connectivity index (χ1n) is 7.47. The molecule has 1 aliphatic rings. The third kappa shape index (κ3) is 3.64. The zero-order chi connectivity index (χ0) is 16.4. The van der Waals surface area contributed by atoms with Crippen molar-refractivity contribution in [2.45, 2.75) is 31.2 Å². The van der Waals surface area contributed by atoms with Crippen LogP contribution in [-0.2, 0) is 22.4 Å². The van der Waals surface area contributed by atoms with E-state index in [1.165, 1.54) is 28.6 Å². The molecule has 122 valence electrons. The summed E-state index contributed by atoms with van der Waals surface area (Å²) in [6, 6.07) is 0. The first kappa shape index (κ1) is 16.2. The van der Waals surface area contributed by atoms with Gasteiger partial charge in [-0.3, -0.25) is 9.59 Å². The predicted octanol–water partition coefficient (Wildman–Crippen LogP) is 1.51. The van der Waals surface area contributed by atoms with Crippen molar-refractivity contribution in [2.24, 2.45) is 11.7 Å². The first-order chi connectivity index (χ1) is 11.0. The number of thiophene rings is 1. The number of amides is 2. The molecule has 2 aromatic heterocycles. The number of nitrogens with zero attached hydrogens (tertiary/aromatic N) is 2. The third-order valence-corrected chi connectivity index (χ3v) is 6.01. The van der Waals surface area contributed by atoms with Crippen LogP contribution in [0.25, 0.3) is 10.2 Å². The number of carbonyl (C=O) groups is 2. The van der Waals surface area contributed by atoms with Crippen LogP contribution in [0.3, 0.4) is 0 Å². The molecule has 1 atom stereocenters. The van der Waals surface area contributed by atoms with E-state index in [9.17, 15) is 9.59 Å². The SMILES string of the molecule is C[C@@H]1CCc2c(sc3ncnc(SCC(=O)NCC(N)=O)c23)C1. The fourth-order valence-corrected chi connectivity index (χ4v) is 5.00. The average Bonchev–Trinajstić information content (AvgIpc) is 2.88. The van der Waals surface area contributed by atoms with Crippen LogP contribution in [0.15, 0.2) is 11.4 Å². The summed E-state index contributed by atoms with van der Waals surface area (Å²) in [5.74, 6) is 0.145. The Bertz CT molecular complexity index is 759. The fourth-order valence-electron chi connectivity index (χ4n) is 2.73. The van der Waals surface area contributed by atoms with Gasteiger partial charge in [-0.25, -0.2) is 9.97 Å². The average molecular weight is 350 g/mol. The van der Waals surface area contributed by atoms with Crippen LogP contribution in [0, 0.1) is 5.92 Å². The van der Waals surface area contributed by atoms with Gasteiger partial charge in [0.25, 0.3) is 0 Å². The monoisotopic (exact) mass is 350 g/mol. The Kier molecular flexibility index (Phi) is 4.82. The van der Waals surface area contributed by atoms with Crippen LogP contribution in [0.4, 0.5) is 0 Å². The van der Waals surface area contributed by atoms with Crippen LogP contribution in [-0.4, -0.2) is 34.1 Å². The maximum atomic E-state index is 11.7. The zero-order valence-electron chi connectivity index (χ0n) is 12.8. The minimum absolute atomic E-state index is 0.135. The topological polar surface area (TPSA) is 98.0 Å². The van der Waals surface area contributed by atoms with Gasteiger partial charge in [0, 0.05) is 10.3 Å². The molecule has 0 radical (unpaired) electrons. The molecule has 3 rings (SSSR count). The molecule has 2 heterocycles. The van der Waals surface area contributed by atoms with Crippen molar-refractivity contribution in [2.75, 3.05) is 12.3 Å². The molecule has 0 spiro atoms. The molecule has 0 saturated heterocycles. The second-order valence-electron chi connectivity index (χ2n) is 5.74. The van der Waals surface area contributed by atoms with E-state index in [-0.39, 0.29) is 18.2 Å². The van der Waals surface area contributed by atoms with Gasteiger partial charge < -0.3 is 11.1 Å². The standard InChI is InChI=1S/C15H18N4O2S2/c1-8-2-3-9-10(4-8)23-15-13(9)14(18-7-19-15)22-6-12(21)17-5-11(16)20/h7-8H,2-6H2,1H3,(H2,16,20)(H,17,21)/t8-/m1/s1. The van der Waals surface area contributed by atoms with Gasteiger partial charge in [0.2, 0.25) is 11.8 Å². The van der Waals surface area contributed by atoms with Crippen molar-refractivity contribution < 1.29 is 9.59 Å². The fraction of sp³-hybridized carbons (Fsp3) is 0.467. The largest absolute Gasteiger partial charge is 0.368 e. The van der Waals surface area contributed by atoms with Crippen LogP contribution < -0.4 is 11.1 Å². The summed E-state index contributed by atoms with van der Waals surface area (Å²) in [4.78, 5) is 33.6. The molecule has 23 heavy (non-hydrogen) atoms. The van der Waals surface area contributed by atoms with Crippen molar-refractivity contribution in [3.63, 3.8) is 0 Å². The van der Waals surface area contributed by atoms with Gasteiger partial charge in [-0.05, 0) is 30.7 Å². The van der Waals surface area contributed by atoms with Crippen LogP contribution >= 0.6 is 23.1 Å². The van der Waals surface area contributed by atoms with E-state index < -0.39 is 5.91 Å². The van der Waals surface area contributed by atoms with E-state index >= 15 is 0 Å². The number of aryl methyl sites for hydroxylation is 1. The Morgan fingerprint density at radius 1 is 1.48 bits per heavy atom. The zero-order valence-corrected chi connectivity index (χ0v) is 14.4. The van der Waals surface area contributed by atoms with Crippen LogP contribution in [0.1, 0.15) is 23.8 Å². The van der Waals surface area contributed by atoms with Gasteiger partial charge in [-0.1, -0.05) is 18.7 Å². The number of hydrogen-bond acceptors (Lipinski definition) is 6.